The van der Waals surface area contributed by atoms with E-state index in [2.05, 4.69) is 31.9 Å². The molecule has 0 aromatic heterocycles. The maximum absolute atomic E-state index is 12.0. The zero-order chi connectivity index (χ0) is 11.7. The van der Waals surface area contributed by atoms with Gasteiger partial charge in [-0.05, 0) is 31.0 Å². The highest BCUT2D eigenvalue weighted by molar-refractivity contribution is 9.10. The Morgan fingerprint density at radius 1 is 1.44 bits per heavy atom. The smallest absolute Gasteiger partial charge is 0.240 e. The molecule has 1 aromatic carbocycles. The van der Waals surface area contributed by atoms with Crippen molar-refractivity contribution < 1.29 is 4.79 Å². The Labute approximate surface area is 116 Å². The lowest BCUT2D eigenvalue weighted by atomic mass is 10.1. The summed E-state index contributed by atoms with van der Waals surface area (Å²) in [5.74, 6) is 0.0891. The predicted octanol–water partition coefficient (Wildman–Crippen LogP) is 3.99. The average molecular weight is 367 g/mol. The number of nitrogens with zero attached hydrogens (tertiary/aromatic N) is 1. The molecule has 2 nitrogen and oxygen atoms in total. The van der Waals surface area contributed by atoms with Gasteiger partial charge in [-0.2, -0.15) is 0 Å². The molecule has 0 radical (unpaired) electrons. The number of anilines is 1. The minimum absolute atomic E-state index is 0.0868. The molecule has 1 aromatic rings. The number of carbonyl (C=O) groups is 1. The molecule has 1 amide bonds. The van der Waals surface area contributed by atoms with Gasteiger partial charge in [0.25, 0.3) is 0 Å². The lowest BCUT2D eigenvalue weighted by Crippen LogP contribution is -2.41. The quantitative estimate of drug-likeness (QED) is 0.687. The topological polar surface area (TPSA) is 20.3 Å². The molecular formula is C11H10Br2ClNO. The fraction of sp³-hybridized carbons (Fsp3) is 0.364. The highest BCUT2D eigenvalue weighted by atomic mass is 79.9. The van der Waals surface area contributed by atoms with Crippen LogP contribution in [-0.2, 0) is 4.79 Å². The third-order valence-electron chi connectivity index (χ3n) is 2.57. The molecule has 5 heteroatoms. The minimum atomic E-state index is -0.0868. The van der Waals surface area contributed by atoms with Gasteiger partial charge in [0.05, 0.1) is 15.5 Å². The summed E-state index contributed by atoms with van der Waals surface area (Å²) >= 11 is 12.9. The zero-order valence-corrected chi connectivity index (χ0v) is 12.3. The molecule has 0 spiro atoms. The number of alkyl halides is 1. The first-order chi connectivity index (χ1) is 7.59. The normalized spacial score (nSPS) is 21.3. The maximum Gasteiger partial charge on any atom is 0.240 e. The van der Waals surface area contributed by atoms with Crippen molar-refractivity contribution in [2.75, 3.05) is 11.4 Å². The SMILES string of the molecule is O=C1C(Br)CCCN1c1cc(Br)ccc1Cl. The molecule has 86 valence electrons. The van der Waals surface area contributed by atoms with Crippen molar-refractivity contribution in [1.29, 1.82) is 0 Å². The first kappa shape index (κ1) is 12.4. The van der Waals surface area contributed by atoms with Crippen molar-refractivity contribution in [3.8, 4) is 0 Å². The van der Waals surface area contributed by atoms with Crippen LogP contribution >= 0.6 is 43.5 Å². The second kappa shape index (κ2) is 5.07. The summed E-state index contributed by atoms with van der Waals surface area (Å²) in [5, 5.41) is 0.609. The number of amides is 1. The molecule has 1 saturated heterocycles. The van der Waals surface area contributed by atoms with Crippen LogP contribution in [0.15, 0.2) is 22.7 Å². The van der Waals surface area contributed by atoms with Crippen molar-refractivity contribution in [2.45, 2.75) is 17.7 Å². The van der Waals surface area contributed by atoms with E-state index in [1.54, 1.807) is 11.0 Å². The first-order valence-electron chi connectivity index (χ1n) is 5.00. The standard InChI is InChI=1S/C11H10Br2ClNO/c12-7-3-4-9(14)10(6-7)15-5-1-2-8(13)11(15)16/h3-4,6,8H,1-2,5H2. The number of carbonyl (C=O) groups excluding carboxylic acids is 1. The van der Waals surface area contributed by atoms with E-state index in [1.165, 1.54) is 0 Å². The predicted molar refractivity (Wildman–Crippen MR) is 73.5 cm³/mol. The van der Waals surface area contributed by atoms with Gasteiger partial charge in [0, 0.05) is 11.0 Å². The third-order valence-corrected chi connectivity index (χ3v) is 4.23. The lowest BCUT2D eigenvalue weighted by molar-refractivity contribution is -0.118. The van der Waals surface area contributed by atoms with Crippen LogP contribution in [0.5, 0.6) is 0 Å². The molecule has 0 saturated carbocycles. The van der Waals surface area contributed by atoms with Crippen LogP contribution in [0.25, 0.3) is 0 Å². The van der Waals surface area contributed by atoms with Crippen LogP contribution in [-0.4, -0.2) is 17.3 Å². The minimum Gasteiger partial charge on any atom is -0.310 e. The zero-order valence-electron chi connectivity index (χ0n) is 8.42. The Kier molecular flexibility index (Phi) is 3.93. The Morgan fingerprint density at radius 2 is 2.19 bits per heavy atom. The summed E-state index contributed by atoms with van der Waals surface area (Å²) < 4.78 is 0.927. The molecule has 1 heterocycles. The molecule has 0 bridgehead atoms. The molecule has 1 fully saturated rings. The van der Waals surface area contributed by atoms with Gasteiger partial charge in [0.1, 0.15) is 0 Å². The number of benzene rings is 1. The lowest BCUT2D eigenvalue weighted by Gasteiger charge is -2.30. The molecular weight excluding hydrogens is 357 g/mol. The number of hydrogen-bond donors (Lipinski definition) is 0. The van der Waals surface area contributed by atoms with Crippen molar-refractivity contribution in [3.05, 3.63) is 27.7 Å². The van der Waals surface area contributed by atoms with Gasteiger partial charge in [-0.15, -0.1) is 0 Å². The molecule has 0 aliphatic carbocycles. The van der Waals surface area contributed by atoms with Crippen molar-refractivity contribution in [1.82, 2.24) is 0 Å². The summed E-state index contributed by atoms with van der Waals surface area (Å²) in [6.45, 7) is 0.733. The largest absolute Gasteiger partial charge is 0.310 e. The van der Waals surface area contributed by atoms with E-state index >= 15 is 0 Å². The molecule has 0 N–H and O–H groups in total. The van der Waals surface area contributed by atoms with Gasteiger partial charge in [0.15, 0.2) is 0 Å². The molecule has 1 atom stereocenters. The van der Waals surface area contributed by atoms with Gasteiger partial charge in [-0.25, -0.2) is 0 Å². The summed E-state index contributed by atoms with van der Waals surface area (Å²) in [4.78, 5) is 13.7. The van der Waals surface area contributed by atoms with Crippen LogP contribution in [0.2, 0.25) is 5.02 Å². The van der Waals surface area contributed by atoms with Crippen molar-refractivity contribution in [3.63, 3.8) is 0 Å². The van der Waals surface area contributed by atoms with Gasteiger partial charge < -0.3 is 4.90 Å². The molecule has 1 aliphatic rings. The van der Waals surface area contributed by atoms with Crippen molar-refractivity contribution >= 4 is 55.1 Å². The average Bonchev–Trinajstić information content (AvgIpc) is 2.26. The van der Waals surface area contributed by atoms with Crippen LogP contribution < -0.4 is 4.90 Å². The van der Waals surface area contributed by atoms with E-state index in [0.29, 0.717) is 5.02 Å². The molecule has 1 unspecified atom stereocenters. The van der Waals surface area contributed by atoms with Gasteiger partial charge >= 0.3 is 0 Å². The monoisotopic (exact) mass is 365 g/mol. The first-order valence-corrected chi connectivity index (χ1v) is 7.09. The van der Waals surface area contributed by atoms with Crippen LogP contribution in [0.1, 0.15) is 12.8 Å². The second-order valence-electron chi connectivity index (χ2n) is 3.70. The number of piperidine rings is 1. The van der Waals surface area contributed by atoms with Crippen LogP contribution in [0.3, 0.4) is 0 Å². The number of halogens is 3. The molecule has 2 rings (SSSR count). The fourth-order valence-corrected chi connectivity index (χ4v) is 2.90. The Morgan fingerprint density at radius 3 is 2.94 bits per heavy atom. The number of rotatable bonds is 1. The van der Waals surface area contributed by atoms with E-state index in [4.69, 9.17) is 11.6 Å². The van der Waals surface area contributed by atoms with Gasteiger partial charge in [0.2, 0.25) is 5.91 Å². The maximum atomic E-state index is 12.0. The van der Waals surface area contributed by atoms with E-state index in [0.717, 1.165) is 29.5 Å². The summed E-state index contributed by atoms with van der Waals surface area (Å²) in [6, 6.07) is 5.54. The number of hydrogen-bond acceptors (Lipinski definition) is 1. The summed E-state index contributed by atoms with van der Waals surface area (Å²) in [5.41, 5.74) is 0.783. The Hall–Kier alpha value is -0.0600. The Balaban J connectivity index is 2.35. The van der Waals surface area contributed by atoms with Crippen LogP contribution in [0.4, 0.5) is 5.69 Å². The van der Waals surface area contributed by atoms with E-state index in [9.17, 15) is 4.79 Å². The summed E-state index contributed by atoms with van der Waals surface area (Å²) in [6.07, 6.45) is 1.88. The van der Waals surface area contributed by atoms with E-state index in [1.807, 2.05) is 12.1 Å². The Bertz CT molecular complexity index is 424. The van der Waals surface area contributed by atoms with Gasteiger partial charge in [-0.3, -0.25) is 4.79 Å². The third kappa shape index (κ3) is 2.44. The van der Waals surface area contributed by atoms with Crippen molar-refractivity contribution in [2.24, 2.45) is 0 Å². The molecule has 1 aliphatic heterocycles. The van der Waals surface area contributed by atoms with Gasteiger partial charge in [-0.1, -0.05) is 43.5 Å². The highest BCUT2D eigenvalue weighted by Crippen LogP contribution is 2.32. The molecule has 16 heavy (non-hydrogen) atoms. The van der Waals surface area contributed by atoms with E-state index < -0.39 is 0 Å². The fourth-order valence-electron chi connectivity index (χ4n) is 1.76. The summed E-state index contributed by atoms with van der Waals surface area (Å²) in [7, 11) is 0. The second-order valence-corrected chi connectivity index (χ2v) is 6.12. The van der Waals surface area contributed by atoms with E-state index in [-0.39, 0.29) is 10.7 Å². The highest BCUT2D eigenvalue weighted by Gasteiger charge is 2.28. The van der Waals surface area contributed by atoms with Crippen LogP contribution in [0, 0.1) is 0 Å².